The van der Waals surface area contributed by atoms with Crippen LogP contribution in [0.4, 0.5) is 4.39 Å². The van der Waals surface area contributed by atoms with Gasteiger partial charge in [0.2, 0.25) is 5.91 Å². The van der Waals surface area contributed by atoms with Gasteiger partial charge >= 0.3 is 0 Å². The van der Waals surface area contributed by atoms with E-state index in [2.05, 4.69) is 5.32 Å². The van der Waals surface area contributed by atoms with Crippen molar-refractivity contribution in [1.29, 1.82) is 0 Å². The first kappa shape index (κ1) is 13.4. The van der Waals surface area contributed by atoms with Crippen molar-refractivity contribution in [1.82, 2.24) is 5.32 Å². The Hall–Kier alpha value is -1.68. The molecule has 1 amide bonds. The Morgan fingerprint density at radius 3 is 2.76 bits per heavy atom. The second-order valence-electron chi connectivity index (χ2n) is 4.08. The first-order chi connectivity index (χ1) is 8.00. The maximum absolute atomic E-state index is 13.4. The third-order valence-corrected chi connectivity index (χ3v) is 2.30. The summed E-state index contributed by atoms with van der Waals surface area (Å²) in [5, 5.41) is 3.07. The largest absolute Gasteiger partial charge is 0.366 e. The summed E-state index contributed by atoms with van der Waals surface area (Å²) in [6.07, 6.45) is 2.01. The van der Waals surface area contributed by atoms with Crippen molar-refractivity contribution in [2.45, 2.75) is 20.4 Å². The van der Waals surface area contributed by atoms with Gasteiger partial charge in [-0.15, -0.1) is 0 Å². The van der Waals surface area contributed by atoms with Crippen LogP contribution >= 0.6 is 0 Å². The Morgan fingerprint density at radius 1 is 1.47 bits per heavy atom. The smallest absolute Gasteiger partial charge is 0.248 e. The number of nitrogens with two attached hydrogens (primary N) is 1. The highest BCUT2D eigenvalue weighted by Crippen LogP contribution is 2.10. The molecule has 1 aromatic rings. The van der Waals surface area contributed by atoms with Crippen LogP contribution in [0.2, 0.25) is 0 Å². The molecule has 4 heteroatoms. The topological polar surface area (TPSA) is 55.1 Å². The Morgan fingerprint density at radius 2 is 2.18 bits per heavy atom. The molecule has 0 unspecified atom stereocenters. The number of carbonyl (C=O) groups excluding carboxylic acids is 1. The Balaban J connectivity index is 2.66. The molecule has 0 radical (unpaired) electrons. The van der Waals surface area contributed by atoms with Crippen LogP contribution < -0.4 is 11.1 Å². The van der Waals surface area contributed by atoms with E-state index in [0.717, 1.165) is 0 Å². The van der Waals surface area contributed by atoms with Crippen molar-refractivity contribution in [2.24, 2.45) is 5.73 Å². The van der Waals surface area contributed by atoms with Gasteiger partial charge < -0.3 is 11.1 Å². The van der Waals surface area contributed by atoms with Crippen molar-refractivity contribution >= 4 is 5.91 Å². The molecule has 0 fully saturated rings. The first-order valence-electron chi connectivity index (χ1n) is 5.43. The highest BCUT2D eigenvalue weighted by Gasteiger charge is 2.06. The Kier molecular flexibility index (Phi) is 4.84. The lowest BCUT2D eigenvalue weighted by Crippen LogP contribution is -2.16. The van der Waals surface area contributed by atoms with Gasteiger partial charge in [0.1, 0.15) is 5.82 Å². The van der Waals surface area contributed by atoms with Crippen molar-refractivity contribution in [2.75, 3.05) is 6.54 Å². The fraction of sp³-hybridized carbons (Fsp3) is 0.308. The summed E-state index contributed by atoms with van der Waals surface area (Å²) in [5.74, 6) is -0.879. The SMILES string of the molecule is CC(C)=CCNCc1cc(C(N)=O)ccc1F. The minimum absolute atomic E-state index is 0.324. The molecule has 17 heavy (non-hydrogen) atoms. The minimum atomic E-state index is -0.546. The van der Waals surface area contributed by atoms with Gasteiger partial charge in [0.25, 0.3) is 0 Å². The molecular weight excluding hydrogens is 219 g/mol. The molecule has 1 aromatic carbocycles. The fourth-order valence-electron chi connectivity index (χ4n) is 1.35. The number of hydrogen-bond donors (Lipinski definition) is 2. The summed E-state index contributed by atoms with van der Waals surface area (Å²) in [6, 6.07) is 4.13. The van der Waals surface area contributed by atoms with E-state index >= 15 is 0 Å². The van der Waals surface area contributed by atoms with E-state index in [1.807, 2.05) is 19.9 Å². The molecule has 92 valence electrons. The zero-order valence-electron chi connectivity index (χ0n) is 10.1. The van der Waals surface area contributed by atoms with Crippen LogP contribution in [-0.4, -0.2) is 12.5 Å². The van der Waals surface area contributed by atoms with E-state index < -0.39 is 5.91 Å². The summed E-state index contributed by atoms with van der Waals surface area (Å²) >= 11 is 0. The number of primary amides is 1. The van der Waals surface area contributed by atoms with Crippen LogP contribution in [0.1, 0.15) is 29.8 Å². The summed E-state index contributed by atoms with van der Waals surface area (Å²) in [6.45, 7) is 5.03. The molecule has 0 saturated heterocycles. The molecule has 0 heterocycles. The fourth-order valence-corrected chi connectivity index (χ4v) is 1.35. The molecule has 0 atom stereocenters. The van der Waals surface area contributed by atoms with E-state index in [-0.39, 0.29) is 5.82 Å². The predicted octanol–water partition coefficient (Wildman–Crippen LogP) is 1.98. The quantitative estimate of drug-likeness (QED) is 0.606. The second-order valence-corrected chi connectivity index (χ2v) is 4.08. The molecule has 0 bridgehead atoms. The van der Waals surface area contributed by atoms with Crippen LogP contribution in [0.25, 0.3) is 0 Å². The normalized spacial score (nSPS) is 10.1. The van der Waals surface area contributed by atoms with Gasteiger partial charge in [0.05, 0.1) is 0 Å². The second kappa shape index (κ2) is 6.15. The van der Waals surface area contributed by atoms with Crippen molar-refractivity contribution in [3.8, 4) is 0 Å². The monoisotopic (exact) mass is 236 g/mol. The summed E-state index contributed by atoms with van der Waals surface area (Å²) in [7, 11) is 0. The molecule has 0 saturated carbocycles. The number of carbonyl (C=O) groups is 1. The lowest BCUT2D eigenvalue weighted by atomic mass is 10.1. The number of allylic oxidation sites excluding steroid dienone is 1. The number of hydrogen-bond acceptors (Lipinski definition) is 2. The van der Waals surface area contributed by atoms with Crippen molar-refractivity contribution < 1.29 is 9.18 Å². The molecule has 0 aromatic heterocycles. The number of amides is 1. The summed E-state index contributed by atoms with van der Waals surface area (Å²) in [4.78, 5) is 11.0. The summed E-state index contributed by atoms with van der Waals surface area (Å²) < 4.78 is 13.4. The van der Waals surface area contributed by atoms with Gasteiger partial charge in [-0.05, 0) is 32.0 Å². The number of rotatable bonds is 5. The Labute approximate surface area is 101 Å². The molecule has 0 spiro atoms. The van der Waals surface area contributed by atoms with Crippen LogP contribution in [0.3, 0.4) is 0 Å². The van der Waals surface area contributed by atoms with E-state index in [1.165, 1.54) is 23.8 Å². The predicted molar refractivity (Wildman–Crippen MR) is 66.1 cm³/mol. The summed E-state index contributed by atoms with van der Waals surface area (Å²) in [5.41, 5.74) is 7.11. The number of halogens is 1. The van der Waals surface area contributed by atoms with Gasteiger partial charge in [-0.3, -0.25) is 4.79 Å². The van der Waals surface area contributed by atoms with Gasteiger partial charge in [-0.1, -0.05) is 11.6 Å². The number of nitrogens with one attached hydrogen (secondary N) is 1. The standard InChI is InChI=1S/C13H17FN2O/c1-9(2)5-6-16-8-11-7-10(13(15)17)3-4-12(11)14/h3-5,7,16H,6,8H2,1-2H3,(H2,15,17). The molecule has 3 nitrogen and oxygen atoms in total. The molecule has 3 N–H and O–H groups in total. The lowest BCUT2D eigenvalue weighted by molar-refractivity contribution is 0.1000. The molecular formula is C13H17FN2O. The average molecular weight is 236 g/mol. The third-order valence-electron chi connectivity index (χ3n) is 2.30. The van der Waals surface area contributed by atoms with Crippen LogP contribution in [0.15, 0.2) is 29.8 Å². The van der Waals surface area contributed by atoms with E-state index in [1.54, 1.807) is 0 Å². The first-order valence-corrected chi connectivity index (χ1v) is 5.43. The van der Waals surface area contributed by atoms with Gasteiger partial charge in [-0.25, -0.2) is 4.39 Å². The van der Waals surface area contributed by atoms with Crippen molar-refractivity contribution in [3.63, 3.8) is 0 Å². The average Bonchev–Trinajstić information content (AvgIpc) is 2.25. The van der Waals surface area contributed by atoms with Gasteiger partial charge in [0.15, 0.2) is 0 Å². The van der Waals surface area contributed by atoms with Crippen molar-refractivity contribution in [3.05, 3.63) is 46.8 Å². The van der Waals surface area contributed by atoms with Gasteiger partial charge in [-0.2, -0.15) is 0 Å². The zero-order chi connectivity index (χ0) is 12.8. The minimum Gasteiger partial charge on any atom is -0.366 e. The zero-order valence-corrected chi connectivity index (χ0v) is 10.1. The molecule has 0 aliphatic carbocycles. The lowest BCUT2D eigenvalue weighted by Gasteiger charge is -2.05. The maximum Gasteiger partial charge on any atom is 0.248 e. The highest BCUT2D eigenvalue weighted by molar-refractivity contribution is 5.92. The highest BCUT2D eigenvalue weighted by atomic mass is 19.1. The Bertz CT molecular complexity index is 437. The molecule has 0 aliphatic heterocycles. The van der Waals surface area contributed by atoms with Crippen LogP contribution in [-0.2, 0) is 6.54 Å². The van der Waals surface area contributed by atoms with E-state index in [0.29, 0.717) is 24.2 Å². The maximum atomic E-state index is 13.4. The van der Waals surface area contributed by atoms with Gasteiger partial charge in [0, 0.05) is 24.2 Å². The number of benzene rings is 1. The third kappa shape index (κ3) is 4.36. The molecule has 0 aliphatic rings. The van der Waals surface area contributed by atoms with Crippen LogP contribution in [0.5, 0.6) is 0 Å². The van der Waals surface area contributed by atoms with E-state index in [4.69, 9.17) is 5.73 Å². The van der Waals surface area contributed by atoms with E-state index in [9.17, 15) is 9.18 Å². The molecule has 1 rings (SSSR count). The van der Waals surface area contributed by atoms with Crippen LogP contribution in [0, 0.1) is 5.82 Å².